The molecule has 1 fully saturated rings. The molecular formula is C22H21NO6S2. The van der Waals surface area contributed by atoms with Crippen molar-refractivity contribution in [2.24, 2.45) is 0 Å². The van der Waals surface area contributed by atoms with Gasteiger partial charge in [0.1, 0.15) is 5.75 Å². The molecule has 1 aliphatic rings. The molecule has 1 amide bonds. The molecule has 0 saturated carbocycles. The maximum absolute atomic E-state index is 13.0. The van der Waals surface area contributed by atoms with Crippen molar-refractivity contribution in [3.63, 3.8) is 0 Å². The Bertz CT molecular complexity index is 1050. The number of carbonyl (C=O) groups is 2. The first-order valence-corrected chi connectivity index (χ1v) is 10.6. The third-order valence-corrected chi connectivity index (χ3v) is 5.62. The summed E-state index contributed by atoms with van der Waals surface area (Å²) >= 11 is 6.62. The average molecular weight is 460 g/mol. The van der Waals surface area contributed by atoms with E-state index in [1.807, 2.05) is 6.92 Å². The Balaban J connectivity index is 1.88. The van der Waals surface area contributed by atoms with E-state index in [2.05, 4.69) is 0 Å². The van der Waals surface area contributed by atoms with Crippen molar-refractivity contribution in [3.8, 4) is 17.2 Å². The summed E-state index contributed by atoms with van der Waals surface area (Å²) in [5, 5.41) is 9.07. The van der Waals surface area contributed by atoms with Gasteiger partial charge in [0.15, 0.2) is 21.9 Å². The molecule has 1 heterocycles. The van der Waals surface area contributed by atoms with Gasteiger partial charge in [-0.15, -0.1) is 0 Å². The van der Waals surface area contributed by atoms with E-state index in [9.17, 15) is 9.59 Å². The number of hydrogen-bond acceptors (Lipinski definition) is 7. The Hall–Kier alpha value is -3.04. The smallest absolute Gasteiger partial charge is 0.344 e. The van der Waals surface area contributed by atoms with Crippen LogP contribution >= 0.6 is 24.0 Å². The summed E-state index contributed by atoms with van der Waals surface area (Å²) in [4.78, 5) is 26.0. The number of carbonyl (C=O) groups excluding carboxylic acids is 1. The second-order valence-corrected chi connectivity index (χ2v) is 8.13. The molecule has 0 radical (unpaired) electrons. The van der Waals surface area contributed by atoms with Crippen molar-refractivity contribution >= 4 is 51.9 Å². The minimum atomic E-state index is -1.08. The van der Waals surface area contributed by atoms with Crippen LogP contribution < -0.4 is 19.1 Å². The maximum atomic E-state index is 13.0. The highest BCUT2D eigenvalue weighted by molar-refractivity contribution is 8.27. The first-order valence-electron chi connectivity index (χ1n) is 9.42. The molecule has 3 rings (SSSR count). The number of carboxylic acids is 1. The number of hydrogen-bond donors (Lipinski definition) is 1. The van der Waals surface area contributed by atoms with Crippen molar-refractivity contribution in [2.45, 2.75) is 20.0 Å². The number of ether oxygens (including phenoxy) is 3. The zero-order chi connectivity index (χ0) is 22.5. The van der Waals surface area contributed by atoms with E-state index in [0.29, 0.717) is 44.3 Å². The largest absolute Gasteiger partial charge is 0.497 e. The van der Waals surface area contributed by atoms with E-state index < -0.39 is 12.1 Å². The minimum absolute atomic E-state index is 0.235. The summed E-state index contributed by atoms with van der Waals surface area (Å²) < 4.78 is 16.7. The first-order chi connectivity index (χ1) is 14.8. The molecule has 1 aliphatic heterocycles. The predicted octanol–water partition coefficient (Wildman–Crippen LogP) is 4.35. The summed E-state index contributed by atoms with van der Waals surface area (Å²) in [6.45, 7) is 3.63. The van der Waals surface area contributed by atoms with Crippen LogP contribution in [0.4, 0.5) is 5.69 Å². The van der Waals surface area contributed by atoms with E-state index in [4.69, 9.17) is 31.5 Å². The van der Waals surface area contributed by atoms with Gasteiger partial charge in [-0.3, -0.25) is 9.69 Å². The van der Waals surface area contributed by atoms with Gasteiger partial charge >= 0.3 is 5.97 Å². The Kier molecular flexibility index (Phi) is 7.19. The number of benzene rings is 2. The normalized spacial score (nSPS) is 15.8. The van der Waals surface area contributed by atoms with Crippen molar-refractivity contribution in [3.05, 3.63) is 52.9 Å². The van der Waals surface area contributed by atoms with Crippen LogP contribution in [0, 0.1) is 0 Å². The van der Waals surface area contributed by atoms with E-state index in [1.54, 1.807) is 55.7 Å². The predicted molar refractivity (Wildman–Crippen MR) is 124 cm³/mol. The van der Waals surface area contributed by atoms with Gasteiger partial charge < -0.3 is 19.3 Å². The van der Waals surface area contributed by atoms with E-state index in [0.717, 1.165) is 0 Å². The highest BCUT2D eigenvalue weighted by Crippen LogP contribution is 2.38. The molecular weight excluding hydrogens is 438 g/mol. The van der Waals surface area contributed by atoms with Gasteiger partial charge in [0.2, 0.25) is 0 Å². The fraction of sp³-hybridized carbons (Fsp3) is 0.227. The Morgan fingerprint density at radius 3 is 2.71 bits per heavy atom. The van der Waals surface area contributed by atoms with Crippen LogP contribution in [0.3, 0.4) is 0 Å². The summed E-state index contributed by atoms with van der Waals surface area (Å²) in [7, 11) is 1.56. The zero-order valence-electron chi connectivity index (χ0n) is 17.2. The SMILES string of the molecule is CCOc1cc(/C=C2/SC(=S)N(c3cccc(OC)c3)C2=O)ccc1OC(C)C(=O)O. The van der Waals surface area contributed by atoms with Gasteiger partial charge in [-0.1, -0.05) is 36.1 Å². The molecule has 31 heavy (non-hydrogen) atoms. The monoisotopic (exact) mass is 459 g/mol. The number of methoxy groups -OCH3 is 1. The summed E-state index contributed by atoms with van der Waals surface area (Å²) in [6, 6.07) is 12.2. The Labute approximate surface area is 189 Å². The summed E-state index contributed by atoms with van der Waals surface area (Å²) in [6.07, 6.45) is 0.691. The molecule has 2 aromatic rings. The van der Waals surface area contributed by atoms with E-state index >= 15 is 0 Å². The third-order valence-electron chi connectivity index (χ3n) is 4.32. The van der Waals surface area contributed by atoms with Crippen molar-refractivity contribution in [2.75, 3.05) is 18.6 Å². The lowest BCUT2D eigenvalue weighted by Crippen LogP contribution is -2.27. The summed E-state index contributed by atoms with van der Waals surface area (Å²) in [5.41, 5.74) is 1.33. The van der Waals surface area contributed by atoms with Gasteiger partial charge in [-0.05, 0) is 49.8 Å². The molecule has 2 aromatic carbocycles. The molecule has 0 bridgehead atoms. The number of nitrogens with zero attached hydrogens (tertiary/aromatic N) is 1. The van der Waals surface area contributed by atoms with Crippen LogP contribution in [0.1, 0.15) is 19.4 Å². The average Bonchev–Trinajstić information content (AvgIpc) is 3.02. The molecule has 0 aliphatic carbocycles. The van der Waals surface area contributed by atoms with E-state index in [1.165, 1.54) is 23.6 Å². The first kappa shape index (κ1) is 22.6. The van der Waals surface area contributed by atoms with Gasteiger partial charge in [0.25, 0.3) is 5.91 Å². The van der Waals surface area contributed by atoms with Crippen molar-refractivity contribution < 1.29 is 28.9 Å². The van der Waals surface area contributed by atoms with Crippen LogP contribution in [0.15, 0.2) is 47.4 Å². The van der Waals surface area contributed by atoms with E-state index in [-0.39, 0.29) is 5.91 Å². The minimum Gasteiger partial charge on any atom is -0.497 e. The number of amides is 1. The van der Waals surface area contributed by atoms with Gasteiger partial charge in [0, 0.05) is 6.07 Å². The molecule has 162 valence electrons. The number of rotatable bonds is 8. The number of thiocarbonyl (C=S) groups is 1. The van der Waals surface area contributed by atoms with Crippen molar-refractivity contribution in [1.82, 2.24) is 0 Å². The number of thioether (sulfide) groups is 1. The molecule has 7 nitrogen and oxygen atoms in total. The standard InChI is InChI=1S/C22H21NO6S2/c1-4-28-18-10-14(8-9-17(18)29-13(2)21(25)26)11-19-20(24)23(22(30)31-19)15-6-5-7-16(12-15)27-3/h5-13H,4H2,1-3H3,(H,25,26)/b19-11+. The Morgan fingerprint density at radius 2 is 2.03 bits per heavy atom. The lowest BCUT2D eigenvalue weighted by Gasteiger charge is -2.15. The van der Waals surface area contributed by atoms with Crippen molar-refractivity contribution in [1.29, 1.82) is 0 Å². The topological polar surface area (TPSA) is 85.3 Å². The molecule has 0 spiro atoms. The molecule has 1 unspecified atom stereocenters. The zero-order valence-corrected chi connectivity index (χ0v) is 18.8. The Morgan fingerprint density at radius 1 is 1.26 bits per heavy atom. The second kappa shape index (κ2) is 9.84. The van der Waals surface area contributed by atoms with Crippen LogP contribution in [0.25, 0.3) is 6.08 Å². The molecule has 0 aromatic heterocycles. The molecule has 9 heteroatoms. The third kappa shape index (κ3) is 5.18. The molecule has 1 saturated heterocycles. The fourth-order valence-corrected chi connectivity index (χ4v) is 4.11. The quantitative estimate of drug-likeness (QED) is 0.461. The fourth-order valence-electron chi connectivity index (χ4n) is 2.81. The van der Waals surface area contributed by atoms with Gasteiger partial charge in [-0.2, -0.15) is 0 Å². The lowest BCUT2D eigenvalue weighted by atomic mass is 10.1. The van der Waals surface area contributed by atoms with Crippen LogP contribution in [-0.4, -0.2) is 41.1 Å². The second-order valence-electron chi connectivity index (χ2n) is 6.46. The highest BCUT2D eigenvalue weighted by Gasteiger charge is 2.33. The van der Waals surface area contributed by atoms with Crippen LogP contribution in [0.2, 0.25) is 0 Å². The maximum Gasteiger partial charge on any atom is 0.344 e. The van der Waals surface area contributed by atoms with Gasteiger partial charge in [0.05, 0.1) is 24.3 Å². The van der Waals surface area contributed by atoms with Crippen LogP contribution in [0.5, 0.6) is 17.2 Å². The number of anilines is 1. The number of carboxylic acid groups (broad SMARTS) is 1. The molecule has 1 atom stereocenters. The molecule has 1 N–H and O–H groups in total. The summed E-state index contributed by atoms with van der Waals surface area (Å²) in [5.74, 6) is 0.0299. The number of aliphatic carboxylic acids is 1. The highest BCUT2D eigenvalue weighted by atomic mass is 32.2. The van der Waals surface area contributed by atoms with Gasteiger partial charge in [-0.25, -0.2) is 4.79 Å². The lowest BCUT2D eigenvalue weighted by molar-refractivity contribution is -0.144. The van der Waals surface area contributed by atoms with Crippen LogP contribution in [-0.2, 0) is 9.59 Å².